The van der Waals surface area contributed by atoms with Crippen molar-refractivity contribution >= 4 is 17.1 Å². The summed E-state index contributed by atoms with van der Waals surface area (Å²) in [6.45, 7) is 3.51. The summed E-state index contributed by atoms with van der Waals surface area (Å²) in [4.78, 5) is 13.0. The normalized spacial score (nSPS) is 14.3. The van der Waals surface area contributed by atoms with Crippen LogP contribution in [-0.4, -0.2) is 25.1 Å². The third-order valence-corrected chi connectivity index (χ3v) is 3.20. The second kappa shape index (κ2) is 5.25. The molecule has 0 unspecified atom stereocenters. The molecule has 0 aromatic heterocycles. The molecule has 1 aliphatic rings. The van der Waals surface area contributed by atoms with Gasteiger partial charge in [-0.2, -0.15) is 0 Å². The molecule has 1 fully saturated rings. The predicted octanol–water partition coefficient (Wildman–Crippen LogP) is 2.87. The molecule has 0 atom stereocenters. The van der Waals surface area contributed by atoms with Gasteiger partial charge in [0.25, 0.3) is 0 Å². The molecule has 0 heterocycles. The summed E-state index contributed by atoms with van der Waals surface area (Å²) in [5.74, 6) is 0.706. The van der Waals surface area contributed by atoms with Gasteiger partial charge in [-0.1, -0.05) is 6.07 Å². The highest BCUT2D eigenvalue weighted by molar-refractivity contribution is 5.76. The molecule has 1 aromatic carbocycles. The maximum atomic E-state index is 11.3. The highest BCUT2D eigenvalue weighted by Gasteiger charge is 2.27. The molecule has 1 aliphatic carbocycles. The van der Waals surface area contributed by atoms with E-state index >= 15 is 0 Å². The van der Waals surface area contributed by atoms with Crippen LogP contribution < -0.4 is 10.2 Å². The summed E-state index contributed by atoms with van der Waals surface area (Å²) in [6.07, 6.45) is 2.48. The summed E-state index contributed by atoms with van der Waals surface area (Å²) in [6, 6.07) is 5.45. The number of nitrogens with zero attached hydrogens (tertiary/aromatic N) is 2. The fraction of sp³-hybridized carbons (Fsp3) is 0.538. The van der Waals surface area contributed by atoms with E-state index in [4.69, 9.17) is 0 Å². The van der Waals surface area contributed by atoms with E-state index in [1.165, 1.54) is 12.8 Å². The summed E-state index contributed by atoms with van der Waals surface area (Å²) in [5.41, 5.74) is 1.48. The van der Waals surface area contributed by atoms with E-state index in [1.54, 1.807) is 6.07 Å². The molecule has 0 bridgehead atoms. The molecule has 98 valence electrons. The Morgan fingerprint density at radius 3 is 2.78 bits per heavy atom. The first-order valence-electron chi connectivity index (χ1n) is 6.36. The Labute approximate surface area is 107 Å². The lowest BCUT2D eigenvalue weighted by molar-refractivity contribution is -0.383. The van der Waals surface area contributed by atoms with Crippen molar-refractivity contribution in [2.45, 2.75) is 19.8 Å². The molecular formula is C13H19N3O2. The Balaban J connectivity index is 2.31. The second-order valence-corrected chi connectivity index (χ2v) is 4.78. The number of para-hydroxylation sites is 1. The first-order valence-corrected chi connectivity index (χ1v) is 6.36. The third-order valence-electron chi connectivity index (χ3n) is 3.20. The number of hydrogen-bond acceptors (Lipinski definition) is 4. The molecule has 0 aliphatic heterocycles. The summed E-state index contributed by atoms with van der Waals surface area (Å²) in [5, 5.41) is 14.3. The zero-order chi connectivity index (χ0) is 13.1. The molecule has 0 amide bonds. The SMILES string of the molecule is CCNc1cccc(N(C)CC2CC2)c1[N+](=O)[O-]. The van der Waals surface area contributed by atoms with Gasteiger partial charge in [0, 0.05) is 20.1 Å². The summed E-state index contributed by atoms with van der Waals surface area (Å²) in [7, 11) is 1.93. The van der Waals surface area contributed by atoms with Gasteiger partial charge in [-0.3, -0.25) is 10.1 Å². The molecule has 1 saturated carbocycles. The number of benzene rings is 1. The van der Waals surface area contributed by atoms with Crippen LogP contribution in [0.4, 0.5) is 17.1 Å². The van der Waals surface area contributed by atoms with E-state index in [0.29, 0.717) is 23.8 Å². The van der Waals surface area contributed by atoms with Gasteiger partial charge in [-0.15, -0.1) is 0 Å². The zero-order valence-corrected chi connectivity index (χ0v) is 10.8. The van der Waals surface area contributed by atoms with Gasteiger partial charge in [0.15, 0.2) is 0 Å². The number of anilines is 2. The maximum Gasteiger partial charge on any atom is 0.315 e. The zero-order valence-electron chi connectivity index (χ0n) is 10.8. The van der Waals surface area contributed by atoms with E-state index in [0.717, 1.165) is 6.54 Å². The highest BCUT2D eigenvalue weighted by atomic mass is 16.6. The van der Waals surface area contributed by atoms with Crippen LogP contribution in [0.1, 0.15) is 19.8 Å². The average molecular weight is 249 g/mol. The molecule has 18 heavy (non-hydrogen) atoms. The van der Waals surface area contributed by atoms with Crippen LogP contribution in [0.3, 0.4) is 0 Å². The van der Waals surface area contributed by atoms with Gasteiger partial charge in [-0.25, -0.2) is 0 Å². The fourth-order valence-corrected chi connectivity index (χ4v) is 2.15. The number of rotatable bonds is 6. The van der Waals surface area contributed by atoms with Crippen molar-refractivity contribution in [1.29, 1.82) is 0 Å². The lowest BCUT2D eigenvalue weighted by Gasteiger charge is -2.20. The van der Waals surface area contributed by atoms with Crippen molar-refractivity contribution < 1.29 is 4.92 Å². The van der Waals surface area contributed by atoms with E-state index in [-0.39, 0.29) is 10.6 Å². The molecule has 2 rings (SSSR count). The molecule has 0 radical (unpaired) electrons. The van der Waals surface area contributed by atoms with Crippen LogP contribution in [0.15, 0.2) is 18.2 Å². The smallest absolute Gasteiger partial charge is 0.315 e. The number of nitrogens with one attached hydrogen (secondary N) is 1. The molecule has 5 nitrogen and oxygen atoms in total. The van der Waals surface area contributed by atoms with Crippen molar-refractivity contribution in [3.8, 4) is 0 Å². The minimum atomic E-state index is -0.295. The first-order chi connectivity index (χ1) is 8.63. The largest absolute Gasteiger partial charge is 0.380 e. The van der Waals surface area contributed by atoms with Crippen LogP contribution in [-0.2, 0) is 0 Å². The number of nitro groups is 1. The topological polar surface area (TPSA) is 58.4 Å². The van der Waals surface area contributed by atoms with Crippen molar-refractivity contribution in [3.05, 3.63) is 28.3 Å². The lowest BCUT2D eigenvalue weighted by atomic mass is 10.2. The number of nitro benzene ring substituents is 1. The minimum Gasteiger partial charge on any atom is -0.380 e. The van der Waals surface area contributed by atoms with Crippen molar-refractivity contribution in [3.63, 3.8) is 0 Å². The van der Waals surface area contributed by atoms with Crippen molar-refractivity contribution in [2.75, 3.05) is 30.4 Å². The van der Waals surface area contributed by atoms with Gasteiger partial charge in [-0.05, 0) is 37.8 Å². The van der Waals surface area contributed by atoms with Crippen molar-refractivity contribution in [2.24, 2.45) is 5.92 Å². The maximum absolute atomic E-state index is 11.3. The fourth-order valence-electron chi connectivity index (χ4n) is 2.15. The summed E-state index contributed by atoms with van der Waals surface area (Å²) >= 11 is 0. The van der Waals surface area contributed by atoms with Gasteiger partial charge in [0.1, 0.15) is 11.4 Å². The Morgan fingerprint density at radius 1 is 1.50 bits per heavy atom. The molecule has 5 heteroatoms. The van der Waals surface area contributed by atoms with E-state index in [9.17, 15) is 10.1 Å². The Hall–Kier alpha value is -1.78. The molecule has 1 N–H and O–H groups in total. The lowest BCUT2D eigenvalue weighted by Crippen LogP contribution is -2.21. The second-order valence-electron chi connectivity index (χ2n) is 4.78. The summed E-state index contributed by atoms with van der Waals surface area (Å²) < 4.78 is 0. The first kappa shape index (κ1) is 12.7. The standard InChI is InChI=1S/C13H19N3O2/c1-3-14-11-5-4-6-12(13(11)16(17)18)15(2)9-10-7-8-10/h4-6,10,14H,3,7-9H2,1-2H3. The number of hydrogen-bond donors (Lipinski definition) is 1. The predicted molar refractivity (Wildman–Crippen MR) is 73.3 cm³/mol. The van der Waals surface area contributed by atoms with E-state index < -0.39 is 0 Å². The van der Waals surface area contributed by atoms with Gasteiger partial charge in [0.05, 0.1) is 4.92 Å². The third kappa shape index (κ3) is 2.72. The monoisotopic (exact) mass is 249 g/mol. The molecular weight excluding hydrogens is 230 g/mol. The Morgan fingerprint density at radius 2 is 2.22 bits per heavy atom. The average Bonchev–Trinajstić information content (AvgIpc) is 3.12. The quantitative estimate of drug-likeness (QED) is 0.622. The Kier molecular flexibility index (Phi) is 3.69. The van der Waals surface area contributed by atoms with Crippen LogP contribution in [0, 0.1) is 16.0 Å². The highest BCUT2D eigenvalue weighted by Crippen LogP contribution is 2.37. The van der Waals surface area contributed by atoms with Crippen LogP contribution in [0.2, 0.25) is 0 Å². The van der Waals surface area contributed by atoms with Gasteiger partial charge < -0.3 is 10.2 Å². The van der Waals surface area contributed by atoms with Crippen molar-refractivity contribution in [1.82, 2.24) is 0 Å². The minimum absolute atomic E-state index is 0.183. The van der Waals surface area contributed by atoms with E-state index in [1.807, 2.05) is 31.0 Å². The van der Waals surface area contributed by atoms with Gasteiger partial charge >= 0.3 is 5.69 Å². The molecule has 0 saturated heterocycles. The van der Waals surface area contributed by atoms with Crippen LogP contribution >= 0.6 is 0 Å². The van der Waals surface area contributed by atoms with Gasteiger partial charge in [0.2, 0.25) is 0 Å². The van der Waals surface area contributed by atoms with Crippen LogP contribution in [0.25, 0.3) is 0 Å². The molecule has 0 spiro atoms. The van der Waals surface area contributed by atoms with E-state index in [2.05, 4.69) is 5.32 Å². The molecule has 1 aromatic rings. The van der Waals surface area contributed by atoms with Crippen LogP contribution in [0.5, 0.6) is 0 Å². The Bertz CT molecular complexity index is 444.